The van der Waals surface area contributed by atoms with Crippen LogP contribution in [0.25, 0.3) is 0 Å². The highest BCUT2D eigenvalue weighted by atomic mass is 16.3. The smallest absolute Gasteiger partial charge is 0.117 e. The Morgan fingerprint density at radius 1 is 1.33 bits per heavy atom. The zero-order valence-electron chi connectivity index (χ0n) is 9.20. The van der Waals surface area contributed by atoms with Crippen molar-refractivity contribution in [1.82, 2.24) is 5.32 Å². The minimum Gasteiger partial charge on any atom is -0.465 e. The van der Waals surface area contributed by atoms with Crippen molar-refractivity contribution in [1.29, 1.82) is 0 Å². The normalized spacial score (nSPS) is 26.8. The number of aliphatic hydroxyl groups is 1. The molecule has 0 atom stereocenters. The zero-order valence-corrected chi connectivity index (χ0v) is 9.20. The molecule has 0 aliphatic heterocycles. The zero-order chi connectivity index (χ0) is 10.7. The number of furan rings is 1. The van der Waals surface area contributed by atoms with E-state index < -0.39 is 0 Å². The van der Waals surface area contributed by atoms with E-state index in [-0.39, 0.29) is 6.10 Å². The van der Waals surface area contributed by atoms with Crippen LogP contribution in [0.4, 0.5) is 0 Å². The Kier molecular flexibility index (Phi) is 3.44. The predicted octanol–water partition coefficient (Wildman–Crippen LogP) is 1.98. The topological polar surface area (TPSA) is 45.4 Å². The molecule has 1 heterocycles. The molecule has 3 nitrogen and oxygen atoms in total. The first-order valence-corrected chi connectivity index (χ1v) is 5.71. The standard InChI is InChI=1S/C12H19NO2/c1-9-2-7-12(15-9)8-13-10-3-5-11(14)6-4-10/h2,7,10-11,13-14H,3-6,8H2,1H3. The molecule has 1 aliphatic rings. The monoisotopic (exact) mass is 209 g/mol. The first-order valence-electron chi connectivity index (χ1n) is 5.71. The second-order valence-corrected chi connectivity index (χ2v) is 4.40. The largest absolute Gasteiger partial charge is 0.465 e. The summed E-state index contributed by atoms with van der Waals surface area (Å²) in [7, 11) is 0. The van der Waals surface area contributed by atoms with Crippen LogP contribution in [0.2, 0.25) is 0 Å². The molecule has 1 saturated carbocycles. The first kappa shape index (κ1) is 10.7. The molecule has 1 fully saturated rings. The van der Waals surface area contributed by atoms with Crippen molar-refractivity contribution in [2.24, 2.45) is 0 Å². The molecule has 2 rings (SSSR count). The van der Waals surface area contributed by atoms with Crippen LogP contribution in [0.3, 0.4) is 0 Å². The van der Waals surface area contributed by atoms with Gasteiger partial charge in [-0.1, -0.05) is 0 Å². The first-order chi connectivity index (χ1) is 7.24. The van der Waals surface area contributed by atoms with Crippen molar-refractivity contribution < 1.29 is 9.52 Å². The molecule has 2 N–H and O–H groups in total. The van der Waals surface area contributed by atoms with Crippen molar-refractivity contribution in [2.75, 3.05) is 0 Å². The predicted molar refractivity (Wildman–Crippen MR) is 58.5 cm³/mol. The molecule has 0 radical (unpaired) electrons. The molecule has 0 bridgehead atoms. The van der Waals surface area contributed by atoms with Crippen molar-refractivity contribution in [3.63, 3.8) is 0 Å². The minimum absolute atomic E-state index is 0.0751. The van der Waals surface area contributed by atoms with Gasteiger partial charge in [-0.15, -0.1) is 0 Å². The number of hydrogen-bond acceptors (Lipinski definition) is 3. The highest BCUT2D eigenvalue weighted by molar-refractivity contribution is 5.05. The minimum atomic E-state index is -0.0751. The lowest BCUT2D eigenvalue weighted by Crippen LogP contribution is -2.34. The summed E-state index contributed by atoms with van der Waals surface area (Å²) in [6.07, 6.45) is 3.92. The third-order valence-electron chi connectivity index (χ3n) is 3.06. The fourth-order valence-electron chi connectivity index (χ4n) is 2.11. The van der Waals surface area contributed by atoms with Crippen molar-refractivity contribution in [3.8, 4) is 0 Å². The fraction of sp³-hybridized carbons (Fsp3) is 0.667. The van der Waals surface area contributed by atoms with E-state index in [0.29, 0.717) is 6.04 Å². The Morgan fingerprint density at radius 3 is 2.67 bits per heavy atom. The second kappa shape index (κ2) is 4.81. The quantitative estimate of drug-likeness (QED) is 0.800. The molecule has 3 heteroatoms. The molecule has 0 spiro atoms. The Hall–Kier alpha value is -0.800. The van der Waals surface area contributed by atoms with Crippen LogP contribution in [-0.4, -0.2) is 17.3 Å². The summed E-state index contributed by atoms with van der Waals surface area (Å²) in [5, 5.41) is 12.8. The average molecular weight is 209 g/mol. The van der Waals surface area contributed by atoms with Crippen LogP contribution in [0.15, 0.2) is 16.5 Å². The molecule has 84 valence electrons. The molecule has 0 unspecified atom stereocenters. The number of aliphatic hydroxyl groups excluding tert-OH is 1. The van der Waals surface area contributed by atoms with Crippen LogP contribution >= 0.6 is 0 Å². The van der Waals surface area contributed by atoms with Gasteiger partial charge in [-0.05, 0) is 44.7 Å². The lowest BCUT2D eigenvalue weighted by atomic mass is 9.93. The molecule has 1 aliphatic carbocycles. The van der Waals surface area contributed by atoms with Gasteiger partial charge in [0.2, 0.25) is 0 Å². The molecular formula is C12H19NO2. The average Bonchev–Trinajstić information content (AvgIpc) is 2.64. The van der Waals surface area contributed by atoms with E-state index in [0.717, 1.165) is 43.7 Å². The van der Waals surface area contributed by atoms with E-state index in [1.807, 2.05) is 19.1 Å². The molecule has 1 aromatic heterocycles. The third kappa shape index (κ3) is 3.08. The maximum Gasteiger partial charge on any atom is 0.117 e. The molecule has 0 saturated heterocycles. The summed E-state index contributed by atoms with van der Waals surface area (Å²) in [5.41, 5.74) is 0. The van der Waals surface area contributed by atoms with Gasteiger partial charge < -0.3 is 14.8 Å². The van der Waals surface area contributed by atoms with Crippen LogP contribution in [0, 0.1) is 6.92 Å². The number of nitrogens with one attached hydrogen (secondary N) is 1. The summed E-state index contributed by atoms with van der Waals surface area (Å²) < 4.78 is 5.48. The van der Waals surface area contributed by atoms with Crippen molar-refractivity contribution in [2.45, 2.75) is 51.3 Å². The number of aryl methyl sites for hydroxylation is 1. The Labute approximate surface area is 90.5 Å². The van der Waals surface area contributed by atoms with E-state index >= 15 is 0 Å². The van der Waals surface area contributed by atoms with Gasteiger partial charge in [0.1, 0.15) is 11.5 Å². The van der Waals surface area contributed by atoms with Gasteiger partial charge in [0.05, 0.1) is 12.6 Å². The van der Waals surface area contributed by atoms with Gasteiger partial charge in [-0.2, -0.15) is 0 Å². The molecule has 0 amide bonds. The molecular weight excluding hydrogens is 190 g/mol. The van der Waals surface area contributed by atoms with E-state index in [9.17, 15) is 5.11 Å². The van der Waals surface area contributed by atoms with Crippen LogP contribution in [0.1, 0.15) is 37.2 Å². The molecule has 15 heavy (non-hydrogen) atoms. The van der Waals surface area contributed by atoms with Gasteiger partial charge in [0.25, 0.3) is 0 Å². The van der Waals surface area contributed by atoms with Gasteiger partial charge in [-0.3, -0.25) is 0 Å². The number of rotatable bonds is 3. The Bertz CT molecular complexity index is 300. The van der Waals surface area contributed by atoms with E-state index in [1.165, 1.54) is 0 Å². The van der Waals surface area contributed by atoms with E-state index in [1.54, 1.807) is 0 Å². The van der Waals surface area contributed by atoms with E-state index in [2.05, 4.69) is 5.32 Å². The van der Waals surface area contributed by atoms with Crippen molar-refractivity contribution >= 4 is 0 Å². The van der Waals surface area contributed by atoms with Crippen LogP contribution in [-0.2, 0) is 6.54 Å². The lowest BCUT2D eigenvalue weighted by Gasteiger charge is -2.25. The Balaban J connectivity index is 1.74. The highest BCUT2D eigenvalue weighted by Crippen LogP contribution is 2.18. The van der Waals surface area contributed by atoms with Gasteiger partial charge in [0.15, 0.2) is 0 Å². The third-order valence-corrected chi connectivity index (χ3v) is 3.06. The van der Waals surface area contributed by atoms with E-state index in [4.69, 9.17) is 4.42 Å². The fourth-order valence-corrected chi connectivity index (χ4v) is 2.11. The van der Waals surface area contributed by atoms with Gasteiger partial charge in [-0.25, -0.2) is 0 Å². The Morgan fingerprint density at radius 2 is 2.07 bits per heavy atom. The summed E-state index contributed by atoms with van der Waals surface area (Å²) in [6, 6.07) is 4.54. The highest BCUT2D eigenvalue weighted by Gasteiger charge is 2.18. The van der Waals surface area contributed by atoms with Gasteiger partial charge >= 0.3 is 0 Å². The summed E-state index contributed by atoms with van der Waals surface area (Å²) >= 11 is 0. The van der Waals surface area contributed by atoms with Crippen molar-refractivity contribution in [3.05, 3.63) is 23.7 Å². The summed E-state index contributed by atoms with van der Waals surface area (Å²) in [4.78, 5) is 0. The van der Waals surface area contributed by atoms with Crippen LogP contribution < -0.4 is 5.32 Å². The summed E-state index contributed by atoms with van der Waals surface area (Å²) in [5.74, 6) is 1.96. The van der Waals surface area contributed by atoms with Gasteiger partial charge in [0, 0.05) is 6.04 Å². The molecule has 1 aromatic rings. The number of hydrogen-bond donors (Lipinski definition) is 2. The SMILES string of the molecule is Cc1ccc(CNC2CCC(O)CC2)o1. The maximum atomic E-state index is 9.37. The van der Waals surface area contributed by atoms with Crippen LogP contribution in [0.5, 0.6) is 0 Å². The maximum absolute atomic E-state index is 9.37. The summed E-state index contributed by atoms with van der Waals surface area (Å²) in [6.45, 7) is 2.76. The second-order valence-electron chi connectivity index (χ2n) is 4.40. The molecule has 0 aromatic carbocycles. The lowest BCUT2D eigenvalue weighted by molar-refractivity contribution is 0.116.